The molecule has 3 aliphatic heterocycles. The van der Waals surface area contributed by atoms with E-state index >= 15 is 0 Å². The van der Waals surface area contributed by atoms with Crippen molar-refractivity contribution < 1.29 is 13.9 Å². The first-order valence-electron chi connectivity index (χ1n) is 9.45. The van der Waals surface area contributed by atoms with Gasteiger partial charge in [0.2, 0.25) is 0 Å². The molecule has 1 amide bonds. The molecule has 0 saturated carbocycles. The van der Waals surface area contributed by atoms with Crippen LogP contribution in [-0.4, -0.2) is 60.1 Å². The summed E-state index contributed by atoms with van der Waals surface area (Å²) in [5, 5.41) is 0. The summed E-state index contributed by atoms with van der Waals surface area (Å²) < 4.78 is 11.3. The van der Waals surface area contributed by atoms with Crippen molar-refractivity contribution in [3.63, 3.8) is 0 Å². The van der Waals surface area contributed by atoms with E-state index in [0.717, 1.165) is 39.0 Å². The number of piperidine rings is 2. The van der Waals surface area contributed by atoms with Crippen LogP contribution in [0, 0.1) is 0 Å². The molecule has 132 valence electrons. The lowest BCUT2D eigenvalue weighted by Crippen LogP contribution is -2.55. The zero-order chi connectivity index (χ0) is 16.4. The molecule has 0 bridgehead atoms. The van der Waals surface area contributed by atoms with Crippen molar-refractivity contribution in [3.8, 4) is 0 Å². The largest absolute Gasteiger partial charge is 0.472 e. The Morgan fingerprint density at radius 1 is 1.12 bits per heavy atom. The lowest BCUT2D eigenvalue weighted by molar-refractivity contribution is -0.131. The van der Waals surface area contributed by atoms with E-state index in [1.165, 1.54) is 45.0 Å². The summed E-state index contributed by atoms with van der Waals surface area (Å²) in [6.45, 7) is 4.96. The van der Waals surface area contributed by atoms with Crippen LogP contribution >= 0.6 is 0 Å². The second-order valence-corrected chi connectivity index (χ2v) is 7.58. The number of carbonyl (C=O) groups excluding carboxylic acids is 1. The summed E-state index contributed by atoms with van der Waals surface area (Å²) in [7, 11) is 0. The molecule has 5 nitrogen and oxygen atoms in total. The lowest BCUT2D eigenvalue weighted by Gasteiger charge is -2.49. The number of amides is 1. The molecule has 3 saturated heterocycles. The summed E-state index contributed by atoms with van der Waals surface area (Å²) in [6, 6.07) is 2.42. The van der Waals surface area contributed by atoms with Gasteiger partial charge in [0, 0.05) is 25.7 Å². The molecule has 0 N–H and O–H groups in total. The Labute approximate surface area is 143 Å². The quantitative estimate of drug-likeness (QED) is 0.835. The van der Waals surface area contributed by atoms with Crippen LogP contribution in [0.15, 0.2) is 23.0 Å². The maximum atomic E-state index is 12.5. The number of likely N-dealkylation sites (tertiary alicyclic amines) is 2. The van der Waals surface area contributed by atoms with Gasteiger partial charge in [0.05, 0.1) is 17.4 Å². The summed E-state index contributed by atoms with van der Waals surface area (Å²) in [6.07, 6.45) is 11.4. The number of nitrogens with zero attached hydrogens (tertiary/aromatic N) is 2. The second kappa shape index (κ2) is 6.89. The average molecular weight is 332 g/mol. The number of furan rings is 1. The highest BCUT2D eigenvalue weighted by atomic mass is 16.5. The fourth-order valence-corrected chi connectivity index (χ4v) is 4.63. The summed E-state index contributed by atoms with van der Waals surface area (Å²) in [5.74, 6) is 0.0852. The number of hydrogen-bond donors (Lipinski definition) is 0. The van der Waals surface area contributed by atoms with Crippen LogP contribution in [0.1, 0.15) is 55.3 Å². The van der Waals surface area contributed by atoms with Crippen molar-refractivity contribution in [2.45, 2.75) is 56.6 Å². The van der Waals surface area contributed by atoms with Crippen LogP contribution in [0.2, 0.25) is 0 Å². The van der Waals surface area contributed by atoms with Crippen molar-refractivity contribution in [3.05, 3.63) is 24.2 Å². The molecular weight excluding hydrogens is 304 g/mol. The zero-order valence-corrected chi connectivity index (χ0v) is 14.4. The van der Waals surface area contributed by atoms with Crippen molar-refractivity contribution >= 4 is 5.91 Å². The van der Waals surface area contributed by atoms with E-state index in [1.54, 1.807) is 12.3 Å². The SMILES string of the molecule is O=C(c1ccoc1)N1CCC2(CC1)CC(N1CCCCC1)CCO2. The molecule has 24 heavy (non-hydrogen) atoms. The van der Waals surface area contributed by atoms with Gasteiger partial charge < -0.3 is 19.0 Å². The summed E-state index contributed by atoms with van der Waals surface area (Å²) in [5.41, 5.74) is 0.648. The van der Waals surface area contributed by atoms with Crippen LogP contribution in [0.4, 0.5) is 0 Å². The molecule has 4 rings (SSSR count). The number of rotatable bonds is 2. The average Bonchev–Trinajstić information content (AvgIpc) is 3.17. The fraction of sp³-hybridized carbons (Fsp3) is 0.737. The molecule has 4 heterocycles. The number of carbonyl (C=O) groups is 1. The smallest absolute Gasteiger partial charge is 0.257 e. The fourth-order valence-electron chi connectivity index (χ4n) is 4.63. The Hall–Kier alpha value is -1.33. The highest BCUT2D eigenvalue weighted by Crippen LogP contribution is 2.37. The van der Waals surface area contributed by atoms with Crippen molar-refractivity contribution in [2.75, 3.05) is 32.8 Å². The minimum atomic E-state index is -0.00641. The van der Waals surface area contributed by atoms with Crippen molar-refractivity contribution in [1.29, 1.82) is 0 Å². The first kappa shape index (κ1) is 16.2. The topological polar surface area (TPSA) is 45.9 Å². The Bertz CT molecular complexity index is 543. The van der Waals surface area contributed by atoms with Crippen LogP contribution in [0.3, 0.4) is 0 Å². The first-order chi connectivity index (χ1) is 11.8. The Morgan fingerprint density at radius 3 is 2.62 bits per heavy atom. The molecule has 1 aromatic rings. The van der Waals surface area contributed by atoms with Gasteiger partial charge in [0.1, 0.15) is 6.26 Å². The molecule has 0 radical (unpaired) electrons. The molecule has 1 aromatic heterocycles. The van der Waals surface area contributed by atoms with E-state index in [0.29, 0.717) is 11.6 Å². The molecular formula is C19H28N2O3. The minimum absolute atomic E-state index is 0.00641. The minimum Gasteiger partial charge on any atom is -0.472 e. The van der Waals surface area contributed by atoms with Crippen LogP contribution in [0.25, 0.3) is 0 Å². The van der Waals surface area contributed by atoms with Gasteiger partial charge in [0.25, 0.3) is 5.91 Å². The van der Waals surface area contributed by atoms with Gasteiger partial charge in [-0.2, -0.15) is 0 Å². The molecule has 0 aliphatic carbocycles. The second-order valence-electron chi connectivity index (χ2n) is 7.58. The third-order valence-corrected chi connectivity index (χ3v) is 6.10. The molecule has 0 aromatic carbocycles. The monoisotopic (exact) mass is 332 g/mol. The Kier molecular flexibility index (Phi) is 4.63. The first-order valence-corrected chi connectivity index (χ1v) is 9.45. The molecule has 1 spiro atoms. The standard InChI is InChI=1S/C19H28N2O3/c22-18(16-4-12-23-15-16)21-10-6-19(7-11-21)14-17(5-13-24-19)20-8-2-1-3-9-20/h4,12,15,17H,1-3,5-11,13-14H2. The highest BCUT2D eigenvalue weighted by molar-refractivity contribution is 5.93. The van der Waals surface area contributed by atoms with Crippen LogP contribution in [0.5, 0.6) is 0 Å². The third-order valence-electron chi connectivity index (χ3n) is 6.10. The van der Waals surface area contributed by atoms with Crippen LogP contribution in [-0.2, 0) is 4.74 Å². The summed E-state index contributed by atoms with van der Waals surface area (Å²) >= 11 is 0. The maximum Gasteiger partial charge on any atom is 0.257 e. The van der Waals surface area contributed by atoms with E-state index in [9.17, 15) is 4.79 Å². The number of hydrogen-bond acceptors (Lipinski definition) is 4. The van der Waals surface area contributed by atoms with Gasteiger partial charge in [-0.05, 0) is 57.7 Å². The van der Waals surface area contributed by atoms with E-state index in [-0.39, 0.29) is 11.5 Å². The third kappa shape index (κ3) is 3.24. The molecule has 3 aliphatic rings. The van der Waals surface area contributed by atoms with Crippen molar-refractivity contribution in [1.82, 2.24) is 9.80 Å². The van der Waals surface area contributed by atoms with Gasteiger partial charge in [0.15, 0.2) is 0 Å². The van der Waals surface area contributed by atoms with Gasteiger partial charge in [-0.1, -0.05) is 6.42 Å². The Balaban J connectivity index is 1.36. The Morgan fingerprint density at radius 2 is 1.92 bits per heavy atom. The number of ether oxygens (including phenoxy) is 1. The normalized spacial score (nSPS) is 28.2. The van der Waals surface area contributed by atoms with E-state index in [4.69, 9.17) is 9.15 Å². The molecule has 5 heteroatoms. The van der Waals surface area contributed by atoms with E-state index < -0.39 is 0 Å². The predicted octanol–water partition coefficient (Wildman–Crippen LogP) is 2.92. The highest BCUT2D eigenvalue weighted by Gasteiger charge is 2.42. The maximum absolute atomic E-state index is 12.5. The van der Waals surface area contributed by atoms with Gasteiger partial charge in [-0.25, -0.2) is 0 Å². The van der Waals surface area contributed by atoms with E-state index in [2.05, 4.69) is 4.90 Å². The summed E-state index contributed by atoms with van der Waals surface area (Å²) in [4.78, 5) is 17.1. The molecule has 1 unspecified atom stereocenters. The zero-order valence-electron chi connectivity index (χ0n) is 14.4. The van der Waals surface area contributed by atoms with Crippen molar-refractivity contribution in [2.24, 2.45) is 0 Å². The molecule has 3 fully saturated rings. The van der Waals surface area contributed by atoms with Crippen LogP contribution < -0.4 is 0 Å². The van der Waals surface area contributed by atoms with E-state index in [1.807, 2.05) is 4.90 Å². The predicted molar refractivity (Wildman–Crippen MR) is 91.0 cm³/mol. The van der Waals surface area contributed by atoms with Gasteiger partial charge in [-0.3, -0.25) is 4.79 Å². The van der Waals surface area contributed by atoms with Gasteiger partial charge >= 0.3 is 0 Å². The lowest BCUT2D eigenvalue weighted by atomic mass is 9.81. The molecule has 1 atom stereocenters. The van der Waals surface area contributed by atoms with Gasteiger partial charge in [-0.15, -0.1) is 0 Å².